The zero-order valence-electron chi connectivity index (χ0n) is 10.9. The maximum Gasteiger partial charge on any atom is 0.143 e. The molecule has 0 saturated carbocycles. The maximum atomic E-state index is 6.15. The van der Waals surface area contributed by atoms with Crippen LogP contribution in [0.3, 0.4) is 0 Å². The van der Waals surface area contributed by atoms with Gasteiger partial charge in [0.05, 0.1) is 0 Å². The van der Waals surface area contributed by atoms with E-state index in [-0.39, 0.29) is 0 Å². The van der Waals surface area contributed by atoms with Crippen molar-refractivity contribution in [1.29, 1.82) is 0 Å². The lowest BCUT2D eigenvalue weighted by molar-refractivity contribution is 0.670. The molecule has 3 heteroatoms. The summed E-state index contributed by atoms with van der Waals surface area (Å²) >= 11 is 9.74. The fourth-order valence-corrected chi connectivity index (χ4v) is 3.30. The third kappa shape index (κ3) is 2.06. The van der Waals surface area contributed by atoms with Crippen LogP contribution in [0.4, 0.5) is 0 Å². The van der Waals surface area contributed by atoms with Crippen molar-refractivity contribution in [3.05, 3.63) is 70.2 Å². The summed E-state index contributed by atoms with van der Waals surface area (Å²) < 4.78 is 7.07. The normalized spacial score (nSPS) is 11.3. The molecule has 21 heavy (non-hydrogen) atoms. The lowest BCUT2D eigenvalue weighted by Crippen LogP contribution is -1.81. The highest BCUT2D eigenvalue weighted by atomic mass is 79.9. The minimum Gasteiger partial charge on any atom is -0.455 e. The molecule has 0 amide bonds. The number of fused-ring (bicyclic) bond motifs is 3. The van der Waals surface area contributed by atoms with Gasteiger partial charge >= 0.3 is 0 Å². The van der Waals surface area contributed by atoms with Crippen molar-refractivity contribution in [3.63, 3.8) is 0 Å². The summed E-state index contributed by atoms with van der Waals surface area (Å²) in [5.41, 5.74) is 3.87. The van der Waals surface area contributed by atoms with E-state index in [1.54, 1.807) is 0 Å². The van der Waals surface area contributed by atoms with E-state index in [2.05, 4.69) is 34.1 Å². The molecule has 0 atom stereocenters. The second kappa shape index (κ2) is 4.90. The van der Waals surface area contributed by atoms with Crippen LogP contribution in [-0.2, 0) is 0 Å². The van der Waals surface area contributed by atoms with Crippen molar-refractivity contribution >= 4 is 49.5 Å². The molecular formula is C18H10BrClO. The van der Waals surface area contributed by atoms with Crippen LogP contribution in [0, 0.1) is 0 Å². The minimum atomic E-state index is 0.710. The molecule has 0 aliphatic heterocycles. The molecule has 0 aliphatic carbocycles. The lowest BCUT2D eigenvalue weighted by atomic mass is 10.0. The van der Waals surface area contributed by atoms with Crippen molar-refractivity contribution < 1.29 is 4.42 Å². The molecule has 0 unspecified atom stereocenters. The van der Waals surface area contributed by atoms with Gasteiger partial charge in [0, 0.05) is 31.4 Å². The van der Waals surface area contributed by atoms with Gasteiger partial charge in [-0.15, -0.1) is 0 Å². The number of furan rings is 1. The number of hydrogen-bond donors (Lipinski definition) is 0. The standard InChI is InChI=1S/C18H10BrClO/c19-16-9-8-11(20)10-15(16)14-6-3-5-13-12-4-1-2-7-17(12)21-18(13)14/h1-10H. The Kier molecular flexibility index (Phi) is 3.02. The van der Waals surface area contributed by atoms with E-state index in [4.69, 9.17) is 16.0 Å². The van der Waals surface area contributed by atoms with Gasteiger partial charge < -0.3 is 4.42 Å². The van der Waals surface area contributed by atoms with Crippen LogP contribution in [0.25, 0.3) is 33.1 Å². The lowest BCUT2D eigenvalue weighted by Gasteiger charge is -2.06. The molecule has 0 radical (unpaired) electrons. The summed E-state index contributed by atoms with van der Waals surface area (Å²) in [6, 6.07) is 20.1. The van der Waals surface area contributed by atoms with Gasteiger partial charge in [0.15, 0.2) is 0 Å². The third-order valence-electron chi connectivity index (χ3n) is 3.62. The first-order chi connectivity index (χ1) is 10.2. The topological polar surface area (TPSA) is 13.1 Å². The van der Waals surface area contributed by atoms with Crippen molar-refractivity contribution in [2.45, 2.75) is 0 Å². The average Bonchev–Trinajstić information content (AvgIpc) is 2.88. The summed E-state index contributed by atoms with van der Waals surface area (Å²) in [5.74, 6) is 0. The first-order valence-corrected chi connectivity index (χ1v) is 7.77. The molecular weight excluding hydrogens is 348 g/mol. The Balaban J connectivity index is 2.12. The second-order valence-corrected chi connectivity index (χ2v) is 6.20. The summed E-state index contributed by atoms with van der Waals surface area (Å²) in [6.07, 6.45) is 0. The predicted molar refractivity (Wildman–Crippen MR) is 91.9 cm³/mol. The highest BCUT2D eigenvalue weighted by Crippen LogP contribution is 2.39. The van der Waals surface area contributed by atoms with Gasteiger partial charge in [0.1, 0.15) is 11.2 Å². The van der Waals surface area contributed by atoms with E-state index in [1.807, 2.05) is 42.5 Å². The molecule has 1 nitrogen and oxygen atoms in total. The van der Waals surface area contributed by atoms with E-state index in [9.17, 15) is 0 Å². The highest BCUT2D eigenvalue weighted by Gasteiger charge is 2.13. The molecule has 4 rings (SSSR count). The van der Waals surface area contributed by atoms with E-state index in [0.29, 0.717) is 5.02 Å². The van der Waals surface area contributed by atoms with Crippen LogP contribution in [-0.4, -0.2) is 0 Å². The zero-order chi connectivity index (χ0) is 14.4. The van der Waals surface area contributed by atoms with E-state index < -0.39 is 0 Å². The maximum absolute atomic E-state index is 6.15. The van der Waals surface area contributed by atoms with Crippen LogP contribution in [0.5, 0.6) is 0 Å². The smallest absolute Gasteiger partial charge is 0.143 e. The fraction of sp³-hybridized carbons (Fsp3) is 0. The molecule has 0 spiro atoms. The molecule has 102 valence electrons. The Morgan fingerprint density at radius 1 is 0.810 bits per heavy atom. The second-order valence-electron chi connectivity index (χ2n) is 4.90. The summed E-state index contributed by atoms with van der Waals surface area (Å²) in [5, 5.41) is 2.96. The molecule has 1 heterocycles. The number of halogens is 2. The van der Waals surface area contributed by atoms with Crippen molar-refractivity contribution in [3.8, 4) is 11.1 Å². The third-order valence-corrected chi connectivity index (χ3v) is 4.55. The van der Waals surface area contributed by atoms with Gasteiger partial charge in [-0.25, -0.2) is 0 Å². The van der Waals surface area contributed by atoms with Gasteiger partial charge in [-0.1, -0.05) is 63.9 Å². The van der Waals surface area contributed by atoms with Crippen LogP contribution >= 0.6 is 27.5 Å². The summed E-state index contributed by atoms with van der Waals surface area (Å²) in [4.78, 5) is 0. The number of para-hydroxylation sites is 2. The SMILES string of the molecule is Clc1ccc(Br)c(-c2cccc3c2oc2ccccc23)c1. The van der Waals surface area contributed by atoms with Crippen molar-refractivity contribution in [1.82, 2.24) is 0 Å². The van der Waals surface area contributed by atoms with Crippen molar-refractivity contribution in [2.75, 3.05) is 0 Å². The Hall–Kier alpha value is -1.77. The van der Waals surface area contributed by atoms with Gasteiger partial charge in [-0.05, 0) is 24.3 Å². The number of benzene rings is 3. The molecule has 0 N–H and O–H groups in total. The van der Waals surface area contributed by atoms with Crippen LogP contribution < -0.4 is 0 Å². The molecule has 0 bridgehead atoms. The van der Waals surface area contributed by atoms with Gasteiger partial charge in [-0.3, -0.25) is 0 Å². The Morgan fingerprint density at radius 2 is 1.62 bits per heavy atom. The summed E-state index contributed by atoms with van der Waals surface area (Å²) in [7, 11) is 0. The minimum absolute atomic E-state index is 0.710. The number of hydrogen-bond acceptors (Lipinski definition) is 1. The van der Waals surface area contributed by atoms with Gasteiger partial charge in [0.25, 0.3) is 0 Å². The van der Waals surface area contributed by atoms with Crippen molar-refractivity contribution in [2.24, 2.45) is 0 Å². The highest BCUT2D eigenvalue weighted by molar-refractivity contribution is 9.10. The Morgan fingerprint density at radius 3 is 2.52 bits per heavy atom. The van der Waals surface area contributed by atoms with E-state index >= 15 is 0 Å². The van der Waals surface area contributed by atoms with Crippen LogP contribution in [0.1, 0.15) is 0 Å². The van der Waals surface area contributed by atoms with E-state index in [0.717, 1.165) is 37.5 Å². The molecule has 1 aromatic heterocycles. The van der Waals surface area contributed by atoms with Crippen LogP contribution in [0.2, 0.25) is 5.02 Å². The van der Waals surface area contributed by atoms with E-state index in [1.165, 1.54) is 0 Å². The first kappa shape index (κ1) is 12.9. The van der Waals surface area contributed by atoms with Gasteiger partial charge in [-0.2, -0.15) is 0 Å². The fourth-order valence-electron chi connectivity index (χ4n) is 2.66. The Bertz CT molecular complexity index is 971. The zero-order valence-corrected chi connectivity index (χ0v) is 13.3. The number of rotatable bonds is 1. The molecule has 0 aliphatic rings. The summed E-state index contributed by atoms with van der Waals surface area (Å²) in [6.45, 7) is 0. The molecule has 0 fully saturated rings. The average molecular weight is 358 g/mol. The Labute approximate surface area is 135 Å². The van der Waals surface area contributed by atoms with Crippen LogP contribution in [0.15, 0.2) is 69.6 Å². The monoisotopic (exact) mass is 356 g/mol. The first-order valence-electron chi connectivity index (χ1n) is 6.60. The molecule has 4 aromatic rings. The predicted octanol–water partition coefficient (Wildman–Crippen LogP) is 6.67. The van der Waals surface area contributed by atoms with Gasteiger partial charge in [0.2, 0.25) is 0 Å². The molecule has 0 saturated heterocycles. The quantitative estimate of drug-likeness (QED) is 0.371. The molecule has 3 aromatic carbocycles. The largest absolute Gasteiger partial charge is 0.455 e.